The van der Waals surface area contributed by atoms with Gasteiger partial charge in [-0.3, -0.25) is 0 Å². The highest BCUT2D eigenvalue weighted by Gasteiger charge is 2.17. The van der Waals surface area contributed by atoms with Crippen molar-refractivity contribution < 1.29 is 0 Å². The van der Waals surface area contributed by atoms with Gasteiger partial charge in [-0.1, -0.05) is 12.1 Å². The van der Waals surface area contributed by atoms with Crippen molar-refractivity contribution in [3.8, 4) is 6.07 Å². The van der Waals surface area contributed by atoms with Crippen molar-refractivity contribution in [3.05, 3.63) is 29.8 Å². The smallest absolute Gasteiger partial charge is 0.101 e. The molecule has 1 saturated heterocycles. The predicted octanol–water partition coefficient (Wildman–Crippen LogP) is 1.75. The van der Waals surface area contributed by atoms with Crippen LogP contribution in [0.25, 0.3) is 0 Å². The lowest BCUT2D eigenvalue weighted by Gasteiger charge is -2.24. The predicted molar refractivity (Wildman–Crippen MR) is 65.5 cm³/mol. The van der Waals surface area contributed by atoms with E-state index in [0.717, 1.165) is 24.3 Å². The molecule has 0 amide bonds. The Labute approximate surface area is 96.7 Å². The minimum atomic E-state index is 0.566. The van der Waals surface area contributed by atoms with Crippen molar-refractivity contribution in [1.29, 1.82) is 5.26 Å². The van der Waals surface area contributed by atoms with E-state index in [-0.39, 0.29) is 0 Å². The van der Waals surface area contributed by atoms with Crippen molar-refractivity contribution in [1.82, 2.24) is 5.32 Å². The average Bonchev–Trinajstić information content (AvgIpc) is 2.81. The summed E-state index contributed by atoms with van der Waals surface area (Å²) in [6, 6.07) is 10.6. The highest BCUT2D eigenvalue weighted by Crippen LogP contribution is 2.19. The SMILES string of the molecule is CN(CC1CCCN1)c1ccccc1C#N. The van der Waals surface area contributed by atoms with E-state index in [1.54, 1.807) is 0 Å². The van der Waals surface area contributed by atoms with Gasteiger partial charge in [0.2, 0.25) is 0 Å². The molecule has 0 aliphatic carbocycles. The normalized spacial score (nSPS) is 19.4. The van der Waals surface area contributed by atoms with Gasteiger partial charge in [-0.05, 0) is 31.5 Å². The molecule has 1 aliphatic heterocycles. The number of nitrogens with one attached hydrogen (secondary N) is 1. The van der Waals surface area contributed by atoms with Gasteiger partial charge in [-0.25, -0.2) is 0 Å². The van der Waals surface area contributed by atoms with Gasteiger partial charge < -0.3 is 10.2 Å². The van der Waals surface area contributed by atoms with Crippen LogP contribution in [0.1, 0.15) is 18.4 Å². The van der Waals surface area contributed by atoms with Crippen LogP contribution >= 0.6 is 0 Å². The Kier molecular flexibility index (Phi) is 3.43. The fraction of sp³-hybridized carbons (Fsp3) is 0.462. The maximum atomic E-state index is 9.04. The maximum absolute atomic E-state index is 9.04. The summed E-state index contributed by atoms with van der Waals surface area (Å²) in [5.41, 5.74) is 1.78. The van der Waals surface area contributed by atoms with E-state index in [4.69, 9.17) is 5.26 Å². The molecule has 1 fully saturated rings. The van der Waals surface area contributed by atoms with Crippen LogP contribution in [0.2, 0.25) is 0 Å². The quantitative estimate of drug-likeness (QED) is 0.835. The van der Waals surface area contributed by atoms with E-state index >= 15 is 0 Å². The number of rotatable bonds is 3. The first kappa shape index (κ1) is 11.0. The molecule has 3 nitrogen and oxygen atoms in total. The molecule has 0 saturated carbocycles. The van der Waals surface area contributed by atoms with Gasteiger partial charge in [-0.15, -0.1) is 0 Å². The zero-order valence-corrected chi connectivity index (χ0v) is 9.61. The number of hydrogen-bond donors (Lipinski definition) is 1. The van der Waals surface area contributed by atoms with Gasteiger partial charge in [0.25, 0.3) is 0 Å². The number of para-hydroxylation sites is 1. The zero-order valence-electron chi connectivity index (χ0n) is 9.61. The lowest BCUT2D eigenvalue weighted by molar-refractivity contribution is 0.599. The van der Waals surface area contributed by atoms with E-state index in [1.165, 1.54) is 12.8 Å². The maximum Gasteiger partial charge on any atom is 0.101 e. The van der Waals surface area contributed by atoms with Gasteiger partial charge in [0, 0.05) is 19.6 Å². The monoisotopic (exact) mass is 215 g/mol. The molecule has 0 spiro atoms. The number of likely N-dealkylation sites (N-methyl/N-ethyl adjacent to an activating group) is 1. The molecule has 3 heteroatoms. The van der Waals surface area contributed by atoms with Gasteiger partial charge in [-0.2, -0.15) is 5.26 Å². The molecule has 1 heterocycles. The van der Waals surface area contributed by atoms with Gasteiger partial charge in [0.15, 0.2) is 0 Å². The lowest BCUT2D eigenvalue weighted by Crippen LogP contribution is -2.35. The van der Waals surface area contributed by atoms with E-state index < -0.39 is 0 Å². The fourth-order valence-electron chi connectivity index (χ4n) is 2.24. The van der Waals surface area contributed by atoms with E-state index in [0.29, 0.717) is 6.04 Å². The summed E-state index contributed by atoms with van der Waals surface area (Å²) >= 11 is 0. The van der Waals surface area contributed by atoms with Crippen LogP contribution in [-0.2, 0) is 0 Å². The van der Waals surface area contributed by atoms with Gasteiger partial charge >= 0.3 is 0 Å². The Bertz CT molecular complexity index is 388. The first-order valence-electron chi connectivity index (χ1n) is 5.75. The first-order chi connectivity index (χ1) is 7.81. The fourth-order valence-corrected chi connectivity index (χ4v) is 2.24. The van der Waals surface area contributed by atoms with E-state index in [9.17, 15) is 0 Å². The number of anilines is 1. The summed E-state index contributed by atoms with van der Waals surface area (Å²) in [6.45, 7) is 2.09. The second-order valence-electron chi connectivity index (χ2n) is 4.30. The topological polar surface area (TPSA) is 39.1 Å². The Morgan fingerprint density at radius 2 is 2.31 bits per heavy atom. The molecule has 0 bridgehead atoms. The average molecular weight is 215 g/mol. The molecule has 0 radical (unpaired) electrons. The molecule has 84 valence electrons. The lowest BCUT2D eigenvalue weighted by atomic mass is 10.1. The Morgan fingerprint density at radius 3 is 3.00 bits per heavy atom. The van der Waals surface area contributed by atoms with Crippen LogP contribution in [0, 0.1) is 11.3 Å². The highest BCUT2D eigenvalue weighted by molar-refractivity contribution is 5.58. The van der Waals surface area contributed by atoms with E-state index in [1.807, 2.05) is 24.3 Å². The summed E-state index contributed by atoms with van der Waals surface area (Å²) in [7, 11) is 2.05. The standard InChI is InChI=1S/C13H17N3/c1-16(10-12-6-4-8-15-12)13-7-3-2-5-11(13)9-14/h2-3,5,7,12,15H,4,6,8,10H2,1H3. The number of nitriles is 1. The second-order valence-corrected chi connectivity index (χ2v) is 4.30. The first-order valence-corrected chi connectivity index (χ1v) is 5.75. The summed E-state index contributed by atoms with van der Waals surface area (Å²) in [6.07, 6.45) is 2.50. The summed E-state index contributed by atoms with van der Waals surface area (Å²) in [5.74, 6) is 0. The number of benzene rings is 1. The Balaban J connectivity index is 2.08. The van der Waals surface area contributed by atoms with Crippen molar-refractivity contribution in [3.63, 3.8) is 0 Å². The Morgan fingerprint density at radius 1 is 1.50 bits per heavy atom. The van der Waals surface area contributed by atoms with Crippen molar-refractivity contribution in [2.75, 3.05) is 25.0 Å². The van der Waals surface area contributed by atoms with Crippen LogP contribution in [-0.4, -0.2) is 26.2 Å². The van der Waals surface area contributed by atoms with Crippen LogP contribution < -0.4 is 10.2 Å². The molecule has 1 aromatic carbocycles. The molecule has 1 atom stereocenters. The molecular formula is C13H17N3. The summed E-state index contributed by atoms with van der Waals surface area (Å²) in [4.78, 5) is 2.17. The highest BCUT2D eigenvalue weighted by atomic mass is 15.1. The van der Waals surface area contributed by atoms with Crippen LogP contribution in [0.4, 0.5) is 5.69 Å². The number of hydrogen-bond acceptors (Lipinski definition) is 3. The Hall–Kier alpha value is -1.53. The molecule has 16 heavy (non-hydrogen) atoms. The molecule has 2 rings (SSSR count). The summed E-state index contributed by atoms with van der Waals surface area (Å²) < 4.78 is 0. The molecule has 0 aromatic heterocycles. The van der Waals surface area contributed by atoms with Crippen LogP contribution in [0.15, 0.2) is 24.3 Å². The van der Waals surface area contributed by atoms with Gasteiger partial charge in [0.05, 0.1) is 11.3 Å². The molecule has 1 unspecified atom stereocenters. The zero-order chi connectivity index (χ0) is 11.4. The largest absolute Gasteiger partial charge is 0.372 e. The summed E-state index contributed by atoms with van der Waals surface area (Å²) in [5, 5.41) is 12.5. The molecular weight excluding hydrogens is 198 g/mol. The minimum Gasteiger partial charge on any atom is -0.372 e. The van der Waals surface area contributed by atoms with Crippen LogP contribution in [0.3, 0.4) is 0 Å². The van der Waals surface area contributed by atoms with Crippen LogP contribution in [0.5, 0.6) is 0 Å². The van der Waals surface area contributed by atoms with Gasteiger partial charge in [0.1, 0.15) is 6.07 Å². The second kappa shape index (κ2) is 5.00. The van der Waals surface area contributed by atoms with Crippen molar-refractivity contribution >= 4 is 5.69 Å². The molecule has 1 aromatic rings. The third kappa shape index (κ3) is 2.34. The number of nitrogens with zero attached hydrogens (tertiary/aromatic N) is 2. The molecule has 1 N–H and O–H groups in total. The van der Waals surface area contributed by atoms with Crippen molar-refractivity contribution in [2.24, 2.45) is 0 Å². The molecule has 1 aliphatic rings. The third-order valence-electron chi connectivity index (χ3n) is 3.09. The minimum absolute atomic E-state index is 0.566. The van der Waals surface area contributed by atoms with Crippen molar-refractivity contribution in [2.45, 2.75) is 18.9 Å². The van der Waals surface area contributed by atoms with E-state index in [2.05, 4.69) is 23.3 Å². The third-order valence-corrected chi connectivity index (χ3v) is 3.09.